The van der Waals surface area contributed by atoms with Gasteiger partial charge in [0.2, 0.25) is 5.91 Å². The Labute approximate surface area is 160 Å². The maximum Gasteiger partial charge on any atom is 0.249 e. The summed E-state index contributed by atoms with van der Waals surface area (Å²) in [6.45, 7) is 0.808. The monoisotopic (exact) mass is 397 g/mol. The number of benzene rings is 2. The van der Waals surface area contributed by atoms with Crippen molar-refractivity contribution in [1.82, 2.24) is 4.90 Å². The third-order valence-electron chi connectivity index (χ3n) is 3.86. The third-order valence-corrected chi connectivity index (χ3v) is 7.30. The summed E-state index contributed by atoms with van der Waals surface area (Å²) >= 11 is 15.2. The quantitative estimate of drug-likeness (QED) is 0.605. The third kappa shape index (κ3) is 4.05. The second kappa shape index (κ2) is 7.61. The summed E-state index contributed by atoms with van der Waals surface area (Å²) in [5.41, 5.74) is 0. The highest BCUT2D eigenvalue weighted by Crippen LogP contribution is 2.51. The molecule has 0 radical (unpaired) electrons. The van der Waals surface area contributed by atoms with E-state index in [1.165, 1.54) is 0 Å². The van der Waals surface area contributed by atoms with Crippen molar-refractivity contribution >= 4 is 52.6 Å². The first-order valence-electron chi connectivity index (χ1n) is 7.63. The van der Waals surface area contributed by atoms with Gasteiger partial charge in [-0.15, -0.1) is 0 Å². The van der Waals surface area contributed by atoms with E-state index in [9.17, 15) is 4.79 Å². The number of thioether (sulfide) groups is 2. The number of amides is 1. The molecule has 0 unspecified atom stereocenters. The number of hydrogen-bond acceptors (Lipinski definition) is 3. The second-order valence-electron chi connectivity index (χ2n) is 5.70. The highest BCUT2D eigenvalue weighted by Gasteiger charge is 2.44. The van der Waals surface area contributed by atoms with E-state index < -0.39 is 4.08 Å². The average molecular weight is 398 g/mol. The van der Waals surface area contributed by atoms with Crippen LogP contribution in [0.25, 0.3) is 0 Å². The van der Waals surface area contributed by atoms with Crippen molar-refractivity contribution in [2.45, 2.75) is 26.7 Å². The molecule has 2 aromatic carbocycles. The van der Waals surface area contributed by atoms with Crippen molar-refractivity contribution in [2.75, 3.05) is 13.6 Å². The number of likely N-dealkylation sites (tertiary alicyclic amines) is 1. The van der Waals surface area contributed by atoms with Crippen LogP contribution in [0.4, 0.5) is 0 Å². The predicted molar refractivity (Wildman–Crippen MR) is 104 cm³/mol. The number of rotatable bonds is 4. The van der Waals surface area contributed by atoms with Crippen LogP contribution in [-0.2, 0) is 4.79 Å². The molecular weight excluding hydrogens is 381 g/mol. The van der Waals surface area contributed by atoms with Crippen molar-refractivity contribution in [3.8, 4) is 0 Å². The Kier molecular flexibility index (Phi) is 5.70. The minimum absolute atomic E-state index is 0.161. The lowest BCUT2D eigenvalue weighted by atomic mass is 10.1. The largest absolute Gasteiger partial charge is 0.344 e. The first-order chi connectivity index (χ1) is 11.5. The van der Waals surface area contributed by atoms with Crippen molar-refractivity contribution in [1.29, 1.82) is 0 Å². The average Bonchev–Trinajstić information content (AvgIpc) is 2.57. The van der Waals surface area contributed by atoms with E-state index in [1.807, 2.05) is 60.5 Å². The molecule has 0 atom stereocenters. The summed E-state index contributed by atoms with van der Waals surface area (Å²) in [5, 5.41) is 1.40. The van der Waals surface area contributed by atoms with Gasteiger partial charge >= 0.3 is 0 Å². The molecule has 126 valence electrons. The van der Waals surface area contributed by atoms with E-state index in [1.54, 1.807) is 23.5 Å². The zero-order valence-electron chi connectivity index (χ0n) is 13.2. The van der Waals surface area contributed by atoms with Gasteiger partial charge in [-0.05, 0) is 61.4 Å². The van der Waals surface area contributed by atoms with Crippen LogP contribution in [0.3, 0.4) is 0 Å². The van der Waals surface area contributed by atoms with Gasteiger partial charge in [0.05, 0.1) is 0 Å². The molecular formula is C18H17Cl2NOS2. The molecule has 6 heteroatoms. The maximum absolute atomic E-state index is 13.0. The van der Waals surface area contributed by atoms with Crippen LogP contribution in [0.2, 0.25) is 10.0 Å². The summed E-state index contributed by atoms with van der Waals surface area (Å²) in [4.78, 5) is 16.9. The number of hydrogen-bond donors (Lipinski definition) is 0. The first kappa shape index (κ1) is 18.0. The van der Waals surface area contributed by atoms with Gasteiger partial charge in [0.15, 0.2) is 0 Å². The minimum atomic E-state index is -0.561. The van der Waals surface area contributed by atoms with Crippen LogP contribution < -0.4 is 0 Å². The number of piperidine rings is 1. The molecule has 2 nitrogen and oxygen atoms in total. The van der Waals surface area contributed by atoms with Crippen LogP contribution in [0, 0.1) is 0 Å². The van der Waals surface area contributed by atoms with E-state index in [2.05, 4.69) is 0 Å². The summed E-state index contributed by atoms with van der Waals surface area (Å²) < 4.78 is -0.561. The van der Waals surface area contributed by atoms with E-state index in [0.717, 1.165) is 29.2 Å². The smallest absolute Gasteiger partial charge is 0.249 e. The van der Waals surface area contributed by atoms with Gasteiger partial charge in [0, 0.05) is 33.4 Å². The number of halogens is 2. The number of nitrogens with zero attached hydrogens (tertiary/aromatic N) is 1. The Hall–Kier alpha value is -0.810. The molecule has 1 aliphatic heterocycles. The highest BCUT2D eigenvalue weighted by atomic mass is 35.5. The summed E-state index contributed by atoms with van der Waals surface area (Å²) in [5.74, 6) is 0.161. The fourth-order valence-corrected chi connectivity index (χ4v) is 5.93. The van der Waals surface area contributed by atoms with E-state index in [-0.39, 0.29) is 5.91 Å². The molecule has 0 N–H and O–H groups in total. The Morgan fingerprint density at radius 3 is 1.83 bits per heavy atom. The lowest BCUT2D eigenvalue weighted by molar-refractivity contribution is -0.132. The van der Waals surface area contributed by atoms with Crippen molar-refractivity contribution in [3.05, 3.63) is 58.6 Å². The maximum atomic E-state index is 13.0. The van der Waals surface area contributed by atoms with Crippen molar-refractivity contribution < 1.29 is 4.79 Å². The topological polar surface area (TPSA) is 20.3 Å². The lowest BCUT2D eigenvalue weighted by Gasteiger charge is -2.39. The molecule has 3 rings (SSSR count). The molecule has 2 aromatic rings. The number of carbonyl (C=O) groups is 1. The molecule has 0 aliphatic carbocycles. The summed E-state index contributed by atoms with van der Waals surface area (Å²) in [6, 6.07) is 15.3. The van der Waals surface area contributed by atoms with Gasteiger partial charge in [0.1, 0.15) is 4.08 Å². The Balaban J connectivity index is 1.92. The molecule has 1 saturated heterocycles. The molecule has 1 fully saturated rings. The van der Waals surface area contributed by atoms with Crippen LogP contribution in [0.15, 0.2) is 58.3 Å². The minimum Gasteiger partial charge on any atom is -0.344 e. The Bertz CT molecular complexity index is 671. The molecule has 1 aliphatic rings. The van der Waals surface area contributed by atoms with Crippen LogP contribution >= 0.6 is 46.7 Å². The lowest BCUT2D eigenvalue weighted by Crippen LogP contribution is -2.47. The van der Waals surface area contributed by atoms with Gasteiger partial charge in [0.25, 0.3) is 0 Å². The van der Waals surface area contributed by atoms with Gasteiger partial charge in [-0.25, -0.2) is 0 Å². The molecule has 24 heavy (non-hydrogen) atoms. The fraction of sp³-hybridized carbons (Fsp3) is 0.278. The van der Waals surface area contributed by atoms with E-state index in [0.29, 0.717) is 10.0 Å². The van der Waals surface area contributed by atoms with Gasteiger partial charge in [-0.1, -0.05) is 46.7 Å². The zero-order chi connectivity index (χ0) is 17.2. The molecule has 1 amide bonds. The van der Waals surface area contributed by atoms with E-state index in [4.69, 9.17) is 23.2 Å². The summed E-state index contributed by atoms with van der Waals surface area (Å²) in [7, 11) is 1.88. The van der Waals surface area contributed by atoms with Gasteiger partial charge < -0.3 is 4.90 Å². The van der Waals surface area contributed by atoms with Crippen molar-refractivity contribution in [2.24, 2.45) is 0 Å². The van der Waals surface area contributed by atoms with Crippen LogP contribution in [-0.4, -0.2) is 28.5 Å². The predicted octanol–water partition coefficient (Wildman–Crippen LogP) is 5.83. The molecule has 0 saturated carbocycles. The molecule has 1 heterocycles. The highest BCUT2D eigenvalue weighted by molar-refractivity contribution is 8.19. The second-order valence-corrected chi connectivity index (χ2v) is 9.57. The fourth-order valence-electron chi connectivity index (χ4n) is 2.64. The standard InChI is InChI=1S/C18H17Cl2NOS2/c1-21-12-2-11-18(17(21)22,23-15-7-3-13(19)4-8-15)24-16-9-5-14(20)6-10-16/h3-10H,2,11-12H2,1H3. The molecule has 0 bridgehead atoms. The van der Waals surface area contributed by atoms with Gasteiger partial charge in [-0.3, -0.25) is 4.79 Å². The van der Waals surface area contributed by atoms with Crippen LogP contribution in [0.5, 0.6) is 0 Å². The van der Waals surface area contributed by atoms with E-state index >= 15 is 0 Å². The SMILES string of the molecule is CN1CCCC(Sc2ccc(Cl)cc2)(Sc2ccc(Cl)cc2)C1=O. The summed E-state index contributed by atoms with van der Waals surface area (Å²) in [6.07, 6.45) is 1.82. The van der Waals surface area contributed by atoms with Crippen LogP contribution in [0.1, 0.15) is 12.8 Å². The molecule has 0 aromatic heterocycles. The Morgan fingerprint density at radius 2 is 1.38 bits per heavy atom. The normalized spacial score (nSPS) is 17.1. The molecule has 0 spiro atoms. The van der Waals surface area contributed by atoms with Gasteiger partial charge in [-0.2, -0.15) is 0 Å². The zero-order valence-corrected chi connectivity index (χ0v) is 16.3. The number of carbonyl (C=O) groups excluding carboxylic acids is 1. The first-order valence-corrected chi connectivity index (χ1v) is 10.0. The van der Waals surface area contributed by atoms with Crippen molar-refractivity contribution in [3.63, 3.8) is 0 Å². The Morgan fingerprint density at radius 1 is 0.917 bits per heavy atom.